The van der Waals surface area contributed by atoms with Gasteiger partial charge in [0.2, 0.25) is 5.91 Å². The van der Waals surface area contributed by atoms with Crippen LogP contribution < -0.4 is 4.90 Å². The van der Waals surface area contributed by atoms with Gasteiger partial charge in [0, 0.05) is 31.2 Å². The first-order valence-electron chi connectivity index (χ1n) is 6.37. The molecule has 5 heteroatoms. The van der Waals surface area contributed by atoms with Gasteiger partial charge in [-0.25, -0.2) is 0 Å². The lowest BCUT2D eigenvalue weighted by atomic mass is 9.98. The number of nitrogens with zero attached hydrogens (tertiary/aromatic N) is 1. The van der Waals surface area contributed by atoms with E-state index in [1.165, 1.54) is 0 Å². The van der Waals surface area contributed by atoms with Crippen LogP contribution >= 0.6 is 27.5 Å². The monoisotopic (exact) mass is 345 g/mol. The number of anilines is 1. The number of hydrogen-bond donors (Lipinski definition) is 0. The molecule has 1 saturated heterocycles. The Hall–Kier alpha value is -0.580. The molecule has 0 N–H and O–H groups in total. The van der Waals surface area contributed by atoms with Crippen molar-refractivity contribution in [1.29, 1.82) is 0 Å². The molecule has 0 radical (unpaired) electrons. The minimum atomic E-state index is 0.0831. The molecule has 1 heterocycles. The molecule has 1 unspecified atom stereocenters. The van der Waals surface area contributed by atoms with Gasteiger partial charge in [0.15, 0.2) is 0 Å². The maximum atomic E-state index is 12.2. The molecule has 1 aliphatic rings. The summed E-state index contributed by atoms with van der Waals surface area (Å²) in [6.45, 7) is 1.51. The van der Waals surface area contributed by atoms with E-state index in [9.17, 15) is 4.79 Å². The summed E-state index contributed by atoms with van der Waals surface area (Å²) in [5, 5.41) is 0.574. The van der Waals surface area contributed by atoms with Crippen LogP contribution in [0.2, 0.25) is 5.02 Å². The molecule has 1 amide bonds. The Balaban J connectivity index is 2.01. The fraction of sp³-hybridized carbons (Fsp3) is 0.500. The van der Waals surface area contributed by atoms with Gasteiger partial charge in [-0.05, 0) is 37.0 Å². The van der Waals surface area contributed by atoms with Crippen molar-refractivity contribution in [2.75, 3.05) is 25.2 Å². The highest BCUT2D eigenvalue weighted by Crippen LogP contribution is 2.29. The fourth-order valence-corrected chi connectivity index (χ4v) is 3.04. The number of amides is 1. The van der Waals surface area contributed by atoms with Gasteiger partial charge in [-0.15, -0.1) is 0 Å². The van der Waals surface area contributed by atoms with E-state index >= 15 is 0 Å². The van der Waals surface area contributed by atoms with Crippen LogP contribution in [-0.4, -0.2) is 26.2 Å². The standard InChI is InChI=1S/C14H17BrClNO2/c1-17(13-5-4-11(15)8-12(13)16)14(18)7-10-3-2-6-19-9-10/h4-5,8,10H,2-3,6-7,9H2,1H3. The third-order valence-corrected chi connectivity index (χ3v) is 4.16. The summed E-state index contributed by atoms with van der Waals surface area (Å²) in [7, 11) is 1.77. The SMILES string of the molecule is CN(C(=O)CC1CCCOC1)c1ccc(Br)cc1Cl. The smallest absolute Gasteiger partial charge is 0.227 e. The van der Waals surface area contributed by atoms with E-state index in [1.807, 2.05) is 12.1 Å². The van der Waals surface area contributed by atoms with Crippen molar-refractivity contribution in [3.63, 3.8) is 0 Å². The van der Waals surface area contributed by atoms with E-state index in [-0.39, 0.29) is 5.91 Å². The maximum Gasteiger partial charge on any atom is 0.227 e. The summed E-state index contributed by atoms with van der Waals surface area (Å²) in [6.07, 6.45) is 2.62. The van der Waals surface area contributed by atoms with Crippen LogP contribution in [0.25, 0.3) is 0 Å². The number of halogens is 2. The van der Waals surface area contributed by atoms with Crippen LogP contribution in [0, 0.1) is 5.92 Å². The Kier molecular flexibility index (Phi) is 5.25. The van der Waals surface area contributed by atoms with E-state index in [0.717, 1.165) is 29.6 Å². The topological polar surface area (TPSA) is 29.5 Å². The van der Waals surface area contributed by atoms with E-state index in [2.05, 4.69) is 15.9 Å². The predicted molar refractivity (Wildman–Crippen MR) is 80.7 cm³/mol. The normalized spacial score (nSPS) is 19.2. The molecule has 0 aliphatic carbocycles. The van der Waals surface area contributed by atoms with E-state index < -0.39 is 0 Å². The predicted octanol–water partition coefficient (Wildman–Crippen LogP) is 3.88. The highest BCUT2D eigenvalue weighted by atomic mass is 79.9. The first kappa shape index (κ1) is 14.8. The van der Waals surface area contributed by atoms with Gasteiger partial charge in [0.25, 0.3) is 0 Å². The second-order valence-electron chi connectivity index (χ2n) is 4.84. The third-order valence-electron chi connectivity index (χ3n) is 3.36. The largest absolute Gasteiger partial charge is 0.381 e. The average Bonchev–Trinajstić information content (AvgIpc) is 2.39. The third kappa shape index (κ3) is 3.94. The van der Waals surface area contributed by atoms with Crippen LogP contribution in [0.1, 0.15) is 19.3 Å². The van der Waals surface area contributed by atoms with Crippen molar-refractivity contribution in [2.24, 2.45) is 5.92 Å². The number of carbonyl (C=O) groups is 1. The zero-order valence-electron chi connectivity index (χ0n) is 10.9. The number of hydrogen-bond acceptors (Lipinski definition) is 2. The van der Waals surface area contributed by atoms with E-state index in [0.29, 0.717) is 24.0 Å². The van der Waals surface area contributed by atoms with Crippen molar-refractivity contribution in [3.05, 3.63) is 27.7 Å². The Labute approximate surface area is 127 Å². The molecule has 0 saturated carbocycles. The van der Waals surface area contributed by atoms with Crippen LogP contribution in [0.3, 0.4) is 0 Å². The van der Waals surface area contributed by atoms with E-state index in [4.69, 9.17) is 16.3 Å². The summed E-state index contributed by atoms with van der Waals surface area (Å²) >= 11 is 9.52. The number of rotatable bonds is 3. The van der Waals surface area contributed by atoms with Gasteiger partial charge in [0.1, 0.15) is 0 Å². The molecule has 1 aromatic rings. The van der Waals surface area contributed by atoms with Crippen molar-refractivity contribution in [2.45, 2.75) is 19.3 Å². The fourth-order valence-electron chi connectivity index (χ4n) is 2.24. The lowest BCUT2D eigenvalue weighted by molar-refractivity contribution is -0.120. The minimum Gasteiger partial charge on any atom is -0.381 e. The lowest BCUT2D eigenvalue weighted by Gasteiger charge is -2.25. The van der Waals surface area contributed by atoms with E-state index in [1.54, 1.807) is 18.0 Å². The Morgan fingerprint density at radius 1 is 1.58 bits per heavy atom. The summed E-state index contributed by atoms with van der Waals surface area (Å²) < 4.78 is 6.31. The van der Waals surface area contributed by atoms with Crippen LogP contribution in [0.15, 0.2) is 22.7 Å². The zero-order valence-corrected chi connectivity index (χ0v) is 13.2. The molecule has 19 heavy (non-hydrogen) atoms. The number of benzene rings is 1. The quantitative estimate of drug-likeness (QED) is 0.831. The minimum absolute atomic E-state index is 0.0831. The molecule has 0 aromatic heterocycles. The molecule has 0 spiro atoms. The van der Waals surface area contributed by atoms with Gasteiger partial charge >= 0.3 is 0 Å². The Morgan fingerprint density at radius 2 is 2.37 bits per heavy atom. The highest BCUT2D eigenvalue weighted by molar-refractivity contribution is 9.10. The summed E-state index contributed by atoms with van der Waals surface area (Å²) in [6, 6.07) is 5.53. The van der Waals surface area contributed by atoms with Gasteiger partial charge in [-0.2, -0.15) is 0 Å². The summed E-state index contributed by atoms with van der Waals surface area (Å²) in [5.41, 5.74) is 0.742. The van der Waals surface area contributed by atoms with Gasteiger partial charge in [0.05, 0.1) is 10.7 Å². The maximum absolute atomic E-state index is 12.2. The van der Waals surface area contributed by atoms with Crippen molar-refractivity contribution in [1.82, 2.24) is 0 Å². The zero-order chi connectivity index (χ0) is 13.8. The summed E-state index contributed by atoms with van der Waals surface area (Å²) in [5.74, 6) is 0.414. The number of carbonyl (C=O) groups excluding carboxylic acids is 1. The molecule has 1 aromatic carbocycles. The van der Waals surface area contributed by atoms with Crippen molar-refractivity contribution < 1.29 is 9.53 Å². The second-order valence-corrected chi connectivity index (χ2v) is 6.16. The summed E-state index contributed by atoms with van der Waals surface area (Å²) in [4.78, 5) is 13.9. The highest BCUT2D eigenvalue weighted by Gasteiger charge is 2.21. The Bertz CT molecular complexity index is 461. The molecule has 0 bridgehead atoms. The van der Waals surface area contributed by atoms with Gasteiger partial charge < -0.3 is 9.64 Å². The molecule has 1 aliphatic heterocycles. The lowest BCUT2D eigenvalue weighted by Crippen LogP contribution is -2.30. The Morgan fingerprint density at radius 3 is 3.00 bits per heavy atom. The molecule has 2 rings (SSSR count). The van der Waals surface area contributed by atoms with Crippen molar-refractivity contribution >= 4 is 39.1 Å². The van der Waals surface area contributed by atoms with Crippen LogP contribution in [-0.2, 0) is 9.53 Å². The van der Waals surface area contributed by atoms with Gasteiger partial charge in [-0.3, -0.25) is 4.79 Å². The molecular weight excluding hydrogens is 330 g/mol. The van der Waals surface area contributed by atoms with Crippen LogP contribution in [0.5, 0.6) is 0 Å². The van der Waals surface area contributed by atoms with Gasteiger partial charge in [-0.1, -0.05) is 27.5 Å². The molecule has 1 atom stereocenters. The molecular formula is C14H17BrClNO2. The van der Waals surface area contributed by atoms with Crippen LogP contribution in [0.4, 0.5) is 5.69 Å². The molecule has 104 valence electrons. The average molecular weight is 347 g/mol. The molecule has 3 nitrogen and oxygen atoms in total. The number of ether oxygens (including phenoxy) is 1. The molecule has 1 fully saturated rings. The second kappa shape index (κ2) is 6.73. The first-order valence-corrected chi connectivity index (χ1v) is 7.54. The first-order chi connectivity index (χ1) is 9.08. The van der Waals surface area contributed by atoms with Crippen molar-refractivity contribution in [3.8, 4) is 0 Å².